The zero-order valence-electron chi connectivity index (χ0n) is 28.8. The van der Waals surface area contributed by atoms with E-state index < -0.39 is 52.6 Å². The number of benzene rings is 1. The summed E-state index contributed by atoms with van der Waals surface area (Å²) in [6, 6.07) is 9.69. The monoisotopic (exact) mass is 723 g/mol. The van der Waals surface area contributed by atoms with Crippen LogP contribution in [0.3, 0.4) is 0 Å². The van der Waals surface area contributed by atoms with Crippen LogP contribution in [0.1, 0.15) is 69.8 Å². The largest absolute Gasteiger partial charge is 0.508 e. The molecule has 0 aromatic heterocycles. The molecule has 1 amide bonds. The molecule has 17 nitrogen and oxygen atoms in total. The van der Waals surface area contributed by atoms with Gasteiger partial charge in [-0.3, -0.25) is 4.79 Å². The van der Waals surface area contributed by atoms with Gasteiger partial charge in [-0.1, -0.05) is 54.6 Å². The number of amides is 1. The molecule has 17 heteroatoms. The summed E-state index contributed by atoms with van der Waals surface area (Å²) >= 11 is 0. The molecule has 1 aromatic rings. The number of hydrogen-bond donors (Lipinski definition) is 2. The highest BCUT2D eigenvalue weighted by Crippen LogP contribution is 2.40. The molecule has 1 aromatic carbocycles. The van der Waals surface area contributed by atoms with Crippen LogP contribution in [0, 0.1) is 32.1 Å². The Balaban J connectivity index is 2.15. The molecule has 0 aliphatic heterocycles. The molecule has 0 spiro atoms. The molecule has 1 fully saturated rings. The molecule has 1 saturated carbocycles. The van der Waals surface area contributed by atoms with Crippen LogP contribution >= 0.6 is 0 Å². The summed E-state index contributed by atoms with van der Waals surface area (Å²) < 4.78 is 21.8. The van der Waals surface area contributed by atoms with Gasteiger partial charge in [0, 0.05) is 31.7 Å². The van der Waals surface area contributed by atoms with E-state index in [0.29, 0.717) is 51.4 Å². The summed E-state index contributed by atoms with van der Waals surface area (Å²) in [5, 5.41) is 32.2. The van der Waals surface area contributed by atoms with Crippen molar-refractivity contribution in [2.45, 2.75) is 88.9 Å². The van der Waals surface area contributed by atoms with E-state index in [4.69, 9.17) is 18.9 Å². The lowest BCUT2D eigenvalue weighted by Gasteiger charge is -2.23. The van der Waals surface area contributed by atoms with Gasteiger partial charge in [0.25, 0.3) is 10.2 Å². The van der Waals surface area contributed by atoms with Crippen LogP contribution in [0.25, 0.3) is 0 Å². The molecule has 284 valence electrons. The molecule has 0 heterocycles. The maximum atomic E-state index is 12.7. The molecule has 51 heavy (non-hydrogen) atoms. The van der Waals surface area contributed by atoms with Crippen molar-refractivity contribution >= 4 is 18.2 Å². The van der Waals surface area contributed by atoms with Gasteiger partial charge >= 0.3 is 12.3 Å². The molecule has 0 saturated heterocycles. The van der Waals surface area contributed by atoms with E-state index in [1.54, 1.807) is 19.2 Å². The fourth-order valence-corrected chi connectivity index (χ4v) is 5.42. The van der Waals surface area contributed by atoms with Gasteiger partial charge in [-0.2, -0.15) is 0 Å². The maximum absolute atomic E-state index is 12.7. The van der Waals surface area contributed by atoms with Gasteiger partial charge in [-0.05, 0) is 63.4 Å². The van der Waals surface area contributed by atoms with Gasteiger partial charge in [0.15, 0.2) is 0 Å². The Morgan fingerprint density at radius 3 is 2.06 bits per heavy atom. The van der Waals surface area contributed by atoms with Gasteiger partial charge in [0.05, 0.1) is 32.5 Å². The molecular weight excluding hydrogens is 674 g/mol. The number of hydrogen-bond acceptors (Lipinski definition) is 14. The summed E-state index contributed by atoms with van der Waals surface area (Å²) in [6.45, 7) is -0.403. The standard InChI is InChI=1S/C34H49N3O14/c1-35-32(39)16-8-3-2-7-15-28-29(20-19-27(38)18-17-26-13-5-4-6-14-26)31(51-34(41)47-22-10-12-24-49-37(44)45)25-30(28)50-33(40)46-21-9-11-23-48-36(42)43/h2,4-7,13-14,19-20,27-31,38H,3,8-12,15-18,21-25H2,1H3,(H,35,39)/t27-,28+,29+,30-,31+/m0/s1. The number of unbranched alkanes of at least 4 members (excludes halogenated alkanes) is 3. The SMILES string of the molecule is CNC(=O)CCCC=CC[C@@H]1[C@@H](C=C[C@@H](O)CCc2ccccc2)[C@H](OC(=O)OCCCCO[N+](=O)[O-])C[C@@H]1OC(=O)OCCCCO[N+](=O)[O-]. The predicted octanol–water partition coefficient (Wildman–Crippen LogP) is 5.06. The predicted molar refractivity (Wildman–Crippen MR) is 180 cm³/mol. The normalized spacial score (nSPS) is 18.9. The molecule has 2 rings (SSSR count). The van der Waals surface area contributed by atoms with Crippen molar-refractivity contribution in [3.63, 3.8) is 0 Å². The maximum Gasteiger partial charge on any atom is 0.508 e. The topological polar surface area (TPSA) is 225 Å². The Morgan fingerprint density at radius 2 is 1.47 bits per heavy atom. The third-order valence-corrected chi connectivity index (χ3v) is 8.03. The van der Waals surface area contributed by atoms with Crippen LogP contribution in [0.15, 0.2) is 54.6 Å². The van der Waals surface area contributed by atoms with E-state index in [1.165, 1.54) is 0 Å². The lowest BCUT2D eigenvalue weighted by molar-refractivity contribution is -0.757. The number of rotatable bonds is 25. The highest BCUT2D eigenvalue weighted by atomic mass is 17.0. The molecule has 0 bridgehead atoms. The Morgan fingerprint density at radius 1 is 0.882 bits per heavy atom. The second-order valence-corrected chi connectivity index (χ2v) is 11.8. The smallest absolute Gasteiger partial charge is 0.434 e. The third kappa shape index (κ3) is 19.2. The minimum Gasteiger partial charge on any atom is -0.434 e. The summed E-state index contributed by atoms with van der Waals surface area (Å²) in [5.41, 5.74) is 1.07. The van der Waals surface area contributed by atoms with Gasteiger partial charge in [-0.25, -0.2) is 9.59 Å². The molecule has 2 N–H and O–H groups in total. The fraction of sp³-hybridized carbons (Fsp3) is 0.618. The fourth-order valence-electron chi connectivity index (χ4n) is 5.42. The number of aryl methyl sites for hydroxylation is 1. The average Bonchev–Trinajstić information content (AvgIpc) is 3.41. The van der Waals surface area contributed by atoms with E-state index in [9.17, 15) is 39.7 Å². The zero-order chi connectivity index (χ0) is 37.3. The molecule has 5 atom stereocenters. The summed E-state index contributed by atoms with van der Waals surface area (Å²) in [5.74, 6) is -0.981. The summed E-state index contributed by atoms with van der Waals surface area (Å²) in [7, 11) is 1.57. The van der Waals surface area contributed by atoms with Crippen LogP contribution in [-0.4, -0.2) is 85.3 Å². The van der Waals surface area contributed by atoms with Crippen molar-refractivity contribution in [2.24, 2.45) is 11.8 Å². The number of allylic oxidation sites excluding steroid dienone is 2. The van der Waals surface area contributed by atoms with Crippen molar-refractivity contribution in [3.8, 4) is 0 Å². The first kappa shape index (κ1) is 42.2. The average molecular weight is 724 g/mol. The molecule has 1 aliphatic rings. The van der Waals surface area contributed by atoms with Crippen molar-refractivity contribution in [1.29, 1.82) is 0 Å². The second kappa shape index (κ2) is 25.1. The number of nitrogens with one attached hydrogen (secondary N) is 1. The second-order valence-electron chi connectivity index (χ2n) is 11.8. The van der Waals surface area contributed by atoms with Crippen molar-refractivity contribution in [2.75, 3.05) is 33.5 Å². The van der Waals surface area contributed by atoms with E-state index in [-0.39, 0.29) is 51.6 Å². The van der Waals surface area contributed by atoms with Crippen molar-refractivity contribution in [1.82, 2.24) is 5.32 Å². The Bertz CT molecular complexity index is 1260. The van der Waals surface area contributed by atoms with E-state index in [2.05, 4.69) is 15.0 Å². The summed E-state index contributed by atoms with van der Waals surface area (Å²) in [6.07, 6.45) is 7.28. The van der Waals surface area contributed by atoms with Gasteiger partial charge < -0.3 is 39.0 Å². The Hall–Kier alpha value is -4.93. The van der Waals surface area contributed by atoms with Crippen LogP contribution in [0.5, 0.6) is 0 Å². The molecule has 0 radical (unpaired) electrons. The van der Waals surface area contributed by atoms with E-state index in [0.717, 1.165) is 5.56 Å². The van der Waals surface area contributed by atoms with Gasteiger partial charge in [0.2, 0.25) is 5.91 Å². The van der Waals surface area contributed by atoms with Crippen molar-refractivity contribution in [3.05, 3.63) is 80.4 Å². The van der Waals surface area contributed by atoms with E-state index in [1.807, 2.05) is 42.5 Å². The van der Waals surface area contributed by atoms with Gasteiger partial charge in [0.1, 0.15) is 12.2 Å². The number of carbonyl (C=O) groups excluding carboxylic acids is 3. The number of carbonyl (C=O) groups is 3. The van der Waals surface area contributed by atoms with E-state index >= 15 is 0 Å². The minimum atomic E-state index is -0.970. The molecule has 0 unspecified atom stereocenters. The Kier molecular flexibility index (Phi) is 20.8. The molecular formula is C34H49N3O14. The highest BCUT2D eigenvalue weighted by molar-refractivity contribution is 5.75. The van der Waals surface area contributed by atoms with Crippen LogP contribution in [0.4, 0.5) is 9.59 Å². The van der Waals surface area contributed by atoms with Crippen molar-refractivity contribution < 1.29 is 58.3 Å². The van der Waals surface area contributed by atoms with Crippen LogP contribution in [0.2, 0.25) is 0 Å². The zero-order valence-corrected chi connectivity index (χ0v) is 28.8. The lowest BCUT2D eigenvalue weighted by atomic mass is 9.89. The van der Waals surface area contributed by atoms with Crippen LogP contribution in [-0.2, 0) is 39.8 Å². The first-order chi connectivity index (χ1) is 24.6. The first-order valence-corrected chi connectivity index (χ1v) is 17.1. The van der Waals surface area contributed by atoms with Gasteiger partial charge in [-0.15, -0.1) is 20.2 Å². The third-order valence-electron chi connectivity index (χ3n) is 8.03. The molecule has 1 aliphatic carbocycles. The highest BCUT2D eigenvalue weighted by Gasteiger charge is 2.46. The first-order valence-electron chi connectivity index (χ1n) is 17.1. The summed E-state index contributed by atoms with van der Waals surface area (Å²) in [4.78, 5) is 66.1. The lowest BCUT2D eigenvalue weighted by Crippen LogP contribution is -2.26. The number of nitrogens with zero attached hydrogens (tertiary/aromatic N) is 2. The Labute approximate surface area is 296 Å². The minimum absolute atomic E-state index is 0.0571. The quantitative estimate of drug-likeness (QED) is 0.0442. The number of aliphatic hydroxyl groups excluding tert-OH is 1. The number of ether oxygens (including phenoxy) is 4. The number of aliphatic hydroxyl groups is 1. The van der Waals surface area contributed by atoms with Crippen LogP contribution < -0.4 is 5.32 Å².